The Morgan fingerprint density at radius 3 is 1.78 bits per heavy atom. The van der Waals surface area contributed by atoms with Crippen LogP contribution in [-0.4, -0.2) is 24.4 Å². The van der Waals surface area contributed by atoms with E-state index in [0.29, 0.717) is 0 Å². The van der Waals surface area contributed by atoms with E-state index in [1.807, 2.05) is 26.2 Å². The third-order valence-corrected chi connectivity index (χ3v) is 1.92. The predicted molar refractivity (Wildman–Crippen MR) is 59.0 cm³/mol. The summed E-state index contributed by atoms with van der Waals surface area (Å²) in [4.78, 5) is 0. The Labute approximate surface area is 109 Å². The molecule has 7 heteroatoms. The molecule has 0 radical (unpaired) electrons. The Hall–Kier alpha value is -1.18. The molecule has 2 N–H and O–H groups in total. The van der Waals surface area contributed by atoms with Crippen molar-refractivity contribution in [3.63, 3.8) is 0 Å². The van der Waals surface area contributed by atoms with Gasteiger partial charge in [0.2, 0.25) is 0 Å². The lowest BCUT2D eigenvalue weighted by Crippen LogP contribution is -2.68. The van der Waals surface area contributed by atoms with Crippen molar-refractivity contribution >= 4 is 5.71 Å². The molecule has 0 bridgehead atoms. The van der Waals surface area contributed by atoms with Crippen LogP contribution in [0.4, 0.5) is 0 Å². The van der Waals surface area contributed by atoms with E-state index in [2.05, 4.69) is 24.5 Å². The molecule has 0 heterocycles. The smallest absolute Gasteiger partial charge is 0.175 e. The van der Waals surface area contributed by atoms with Crippen LogP contribution in [0.1, 0.15) is 13.8 Å². The average Bonchev–Trinajstić information content (AvgIpc) is 2.20. The fourth-order valence-electron chi connectivity index (χ4n) is 0.802. The van der Waals surface area contributed by atoms with Crippen molar-refractivity contribution in [2.75, 3.05) is 14.1 Å². The van der Waals surface area contributed by atoms with Crippen LogP contribution in [-0.2, 0) is 0 Å². The molecule has 0 aliphatic heterocycles. The third-order valence-electron chi connectivity index (χ3n) is 1.92. The summed E-state index contributed by atoms with van der Waals surface area (Å²) in [7, 11) is -0.869. The van der Waals surface area contributed by atoms with Crippen LogP contribution >= 0.6 is 0 Å². The van der Waals surface area contributed by atoms with Gasteiger partial charge in [0.1, 0.15) is 14.1 Å². The first-order chi connectivity index (χ1) is 8.09. The van der Waals surface area contributed by atoms with Gasteiger partial charge in [-0.15, -0.1) is 10.2 Å². The van der Waals surface area contributed by atoms with Crippen molar-refractivity contribution in [2.24, 2.45) is 5.73 Å². The van der Waals surface area contributed by atoms with Gasteiger partial charge in [0.05, 0.1) is 0 Å². The number of hydrogen-bond acceptors (Lipinski definition) is 5. The van der Waals surface area contributed by atoms with E-state index in [-0.39, 0.29) is 0 Å². The summed E-state index contributed by atoms with van der Waals surface area (Å²) in [5, 5.41) is 0. The summed E-state index contributed by atoms with van der Waals surface area (Å²) in [5.74, 6) is 0. The largest absolute Gasteiger partial charge is 0.405 e. The Balaban J connectivity index is 0. The van der Waals surface area contributed by atoms with Gasteiger partial charge < -0.3 is 5.73 Å². The average molecular weight is 279 g/mol. The maximum absolute atomic E-state index is 8.49. The minimum atomic E-state index is -4.94. The molecule has 0 aromatic rings. The molecule has 0 spiro atoms. The Morgan fingerprint density at radius 1 is 1.00 bits per heavy atom. The van der Waals surface area contributed by atoms with E-state index in [1.165, 1.54) is 17.5 Å². The van der Waals surface area contributed by atoms with E-state index in [1.54, 1.807) is 6.08 Å². The van der Waals surface area contributed by atoms with Crippen molar-refractivity contribution in [2.45, 2.75) is 13.8 Å². The van der Waals surface area contributed by atoms with Crippen LogP contribution in [0.3, 0.4) is 0 Å². The highest BCUT2D eigenvalue weighted by molar-refractivity contribution is 5.93. The second-order valence-electron chi connectivity index (χ2n) is 3.48. The SMILES string of the molecule is CC(=CC=CC=CN)C(C)=[N+](C)C.[O-][Cl+3]([O-])([O-])[O-]. The molecule has 0 rings (SSSR count). The number of rotatable bonds is 3. The summed E-state index contributed by atoms with van der Waals surface area (Å²) >= 11 is 0. The first kappa shape index (κ1) is 19.2. The second-order valence-corrected chi connectivity index (χ2v) is 4.23. The Bertz CT molecular complexity index is 345. The standard InChI is InChI=1S/C11H18N2.ClHO4/c1-10(11(2)13(3)4)8-6-5-7-9-12;2-1(3,4)5/h5-9,12H,1-4H3;(H,2,3,4,5). The molecule has 0 saturated carbocycles. The number of nitrogens with zero attached hydrogens (tertiary/aromatic N) is 1. The summed E-state index contributed by atoms with van der Waals surface area (Å²) in [6.07, 6.45) is 9.27. The molecule has 104 valence electrons. The Morgan fingerprint density at radius 2 is 1.44 bits per heavy atom. The predicted octanol–water partition coefficient (Wildman–Crippen LogP) is -3.06. The van der Waals surface area contributed by atoms with Crippen LogP contribution < -0.4 is 24.4 Å². The van der Waals surface area contributed by atoms with Gasteiger partial charge in [-0.3, -0.25) is 0 Å². The first-order valence-electron chi connectivity index (χ1n) is 4.94. The van der Waals surface area contributed by atoms with Gasteiger partial charge in [-0.25, -0.2) is 23.2 Å². The Kier molecular flexibility index (Phi) is 10.4. The minimum Gasteiger partial charge on any atom is -0.405 e. The van der Waals surface area contributed by atoms with Crippen LogP contribution in [0, 0.1) is 10.2 Å². The molecule has 0 aromatic heterocycles. The molecule has 0 aromatic carbocycles. The van der Waals surface area contributed by atoms with E-state index >= 15 is 0 Å². The lowest BCUT2D eigenvalue weighted by molar-refractivity contribution is -2.00. The first-order valence-corrected chi connectivity index (χ1v) is 6.18. The molecule has 18 heavy (non-hydrogen) atoms. The number of allylic oxidation sites excluding steroid dienone is 5. The number of hydrogen-bond donors (Lipinski definition) is 1. The zero-order valence-electron chi connectivity index (χ0n) is 10.9. The lowest BCUT2D eigenvalue weighted by Gasteiger charge is -2.17. The van der Waals surface area contributed by atoms with Gasteiger partial charge in [-0.1, -0.05) is 18.2 Å². The van der Waals surface area contributed by atoms with Gasteiger partial charge in [0.25, 0.3) is 0 Å². The van der Waals surface area contributed by atoms with E-state index in [9.17, 15) is 0 Å². The van der Waals surface area contributed by atoms with Gasteiger partial charge in [-0.05, 0) is 19.2 Å². The normalized spacial score (nSPS) is 12.6. The minimum absolute atomic E-state index is 1.26. The van der Waals surface area contributed by atoms with E-state index in [0.717, 1.165) is 0 Å². The zero-order chi connectivity index (χ0) is 14.8. The van der Waals surface area contributed by atoms with E-state index < -0.39 is 10.2 Å². The van der Waals surface area contributed by atoms with Crippen molar-refractivity contribution < 1.29 is 33.5 Å². The van der Waals surface area contributed by atoms with Gasteiger partial charge in [0, 0.05) is 12.5 Å². The quantitative estimate of drug-likeness (QED) is 0.334. The third kappa shape index (κ3) is 17.2. The maximum Gasteiger partial charge on any atom is 0.175 e. The van der Waals surface area contributed by atoms with Crippen molar-refractivity contribution in [3.8, 4) is 0 Å². The van der Waals surface area contributed by atoms with Crippen LogP contribution in [0.2, 0.25) is 0 Å². The molecule has 0 fully saturated rings. The maximum atomic E-state index is 8.49. The molecule has 0 amide bonds. The number of nitrogens with two attached hydrogens (primary N) is 1. The van der Waals surface area contributed by atoms with Crippen molar-refractivity contribution in [1.29, 1.82) is 0 Å². The molecule has 0 atom stereocenters. The second kappa shape index (κ2) is 9.81. The van der Waals surface area contributed by atoms with Crippen LogP contribution in [0.5, 0.6) is 0 Å². The van der Waals surface area contributed by atoms with Crippen molar-refractivity contribution in [3.05, 3.63) is 36.1 Å². The summed E-state index contributed by atoms with van der Waals surface area (Å²) in [6, 6.07) is 0. The van der Waals surface area contributed by atoms with Gasteiger partial charge in [-0.2, -0.15) is 0 Å². The molecule has 0 unspecified atom stereocenters. The van der Waals surface area contributed by atoms with Gasteiger partial charge >= 0.3 is 0 Å². The van der Waals surface area contributed by atoms with Crippen molar-refractivity contribution in [1.82, 2.24) is 0 Å². The molecular formula is C11H19ClN2O4. The van der Waals surface area contributed by atoms with Crippen LogP contribution in [0.25, 0.3) is 0 Å². The van der Waals surface area contributed by atoms with Gasteiger partial charge in [0.15, 0.2) is 5.71 Å². The fourth-order valence-corrected chi connectivity index (χ4v) is 0.802. The highest BCUT2D eigenvalue weighted by Gasteiger charge is 2.00. The molecule has 0 saturated heterocycles. The van der Waals surface area contributed by atoms with Crippen LogP contribution in [0.15, 0.2) is 36.1 Å². The lowest BCUT2D eigenvalue weighted by atomic mass is 10.2. The summed E-state index contributed by atoms with van der Waals surface area (Å²) < 4.78 is 36.1. The van der Waals surface area contributed by atoms with E-state index in [4.69, 9.17) is 24.4 Å². The molecule has 0 aliphatic rings. The highest BCUT2D eigenvalue weighted by Crippen LogP contribution is 1.96. The zero-order valence-corrected chi connectivity index (χ0v) is 11.7. The molecule has 6 nitrogen and oxygen atoms in total. The fraction of sp³-hybridized carbons (Fsp3) is 0.364. The molecular weight excluding hydrogens is 260 g/mol. The monoisotopic (exact) mass is 278 g/mol. The highest BCUT2D eigenvalue weighted by atomic mass is 35.7. The topological polar surface area (TPSA) is 121 Å². The number of halogens is 1. The molecule has 0 aliphatic carbocycles. The summed E-state index contributed by atoms with van der Waals surface area (Å²) in [5.41, 5.74) is 7.71. The summed E-state index contributed by atoms with van der Waals surface area (Å²) in [6.45, 7) is 4.18.